The molecule has 1 fully saturated rings. The molecule has 1 aromatic carbocycles. The van der Waals surface area contributed by atoms with Gasteiger partial charge in [-0.1, -0.05) is 30.7 Å². The van der Waals surface area contributed by atoms with Crippen LogP contribution in [0.1, 0.15) is 30.5 Å². The fraction of sp³-hybridized carbons (Fsp3) is 0.273. The number of nitrogens with zero attached hydrogens (tertiary/aromatic N) is 3. The monoisotopic (exact) mass is 391 g/mol. The lowest BCUT2D eigenvalue weighted by Gasteiger charge is -2.41. The highest BCUT2D eigenvalue weighted by atomic mass is 19.1. The maximum Gasteiger partial charge on any atom is 0.222 e. The van der Waals surface area contributed by atoms with Gasteiger partial charge in [0.25, 0.3) is 0 Å². The smallest absolute Gasteiger partial charge is 0.222 e. The molecule has 0 bridgehead atoms. The number of pyridine rings is 1. The Hall–Kier alpha value is -3.35. The zero-order valence-electron chi connectivity index (χ0n) is 15.9. The van der Waals surface area contributed by atoms with Gasteiger partial charge in [-0.3, -0.25) is 9.78 Å². The maximum atomic E-state index is 14.2. The van der Waals surface area contributed by atoms with E-state index in [1.807, 2.05) is 24.3 Å². The summed E-state index contributed by atoms with van der Waals surface area (Å²) < 4.78 is 14.2. The molecular formula is C22H22FN5O. The zero-order chi connectivity index (χ0) is 20.3. The third kappa shape index (κ3) is 4.08. The molecule has 0 saturated heterocycles. The van der Waals surface area contributed by atoms with E-state index < -0.39 is 0 Å². The van der Waals surface area contributed by atoms with Crippen molar-refractivity contribution in [1.82, 2.24) is 15.0 Å². The Labute approximate surface area is 168 Å². The average Bonchev–Trinajstić information content (AvgIpc) is 2.68. The van der Waals surface area contributed by atoms with Crippen LogP contribution in [0.3, 0.4) is 0 Å². The van der Waals surface area contributed by atoms with E-state index in [4.69, 9.17) is 5.73 Å². The van der Waals surface area contributed by atoms with Crippen LogP contribution in [0.5, 0.6) is 0 Å². The summed E-state index contributed by atoms with van der Waals surface area (Å²) in [4.78, 5) is 24.2. The van der Waals surface area contributed by atoms with Crippen LogP contribution in [-0.2, 0) is 16.6 Å². The van der Waals surface area contributed by atoms with Gasteiger partial charge in [-0.05, 0) is 36.1 Å². The first-order valence-electron chi connectivity index (χ1n) is 9.60. The molecule has 0 radical (unpaired) electrons. The summed E-state index contributed by atoms with van der Waals surface area (Å²) in [6, 6.07) is 10.6. The van der Waals surface area contributed by atoms with E-state index in [9.17, 15) is 9.18 Å². The minimum Gasteiger partial charge on any atom is -0.369 e. The Kier molecular flexibility index (Phi) is 5.20. The van der Waals surface area contributed by atoms with Crippen LogP contribution < -0.4 is 11.1 Å². The Morgan fingerprint density at radius 1 is 1.10 bits per heavy atom. The van der Waals surface area contributed by atoms with Gasteiger partial charge in [0.05, 0.1) is 12.1 Å². The number of amides is 1. The summed E-state index contributed by atoms with van der Waals surface area (Å²) in [6.07, 6.45) is 8.12. The summed E-state index contributed by atoms with van der Waals surface area (Å²) in [6.45, 7) is 0.536. The number of rotatable bonds is 7. The highest BCUT2D eigenvalue weighted by molar-refractivity contribution is 5.77. The number of nitrogens with two attached hydrogens (primary N) is 1. The number of benzene rings is 1. The molecule has 29 heavy (non-hydrogen) atoms. The SMILES string of the molecule is NC(=O)Cc1cccc(-c2cnc(NCC3(c4ncccc4F)CCC3)nc2)c1. The third-order valence-electron chi connectivity index (χ3n) is 5.45. The van der Waals surface area contributed by atoms with Gasteiger partial charge in [-0.15, -0.1) is 0 Å². The number of anilines is 1. The second-order valence-electron chi connectivity index (χ2n) is 7.46. The average molecular weight is 391 g/mol. The highest BCUT2D eigenvalue weighted by Gasteiger charge is 2.41. The number of nitrogens with one attached hydrogen (secondary N) is 1. The molecule has 0 spiro atoms. The van der Waals surface area contributed by atoms with E-state index in [0.717, 1.165) is 36.0 Å². The molecule has 2 heterocycles. The van der Waals surface area contributed by atoms with E-state index >= 15 is 0 Å². The van der Waals surface area contributed by atoms with Crippen molar-refractivity contribution in [2.75, 3.05) is 11.9 Å². The summed E-state index contributed by atoms with van der Waals surface area (Å²) in [5.74, 6) is -0.141. The second kappa shape index (κ2) is 7.95. The van der Waals surface area contributed by atoms with Crippen LogP contribution in [-0.4, -0.2) is 27.4 Å². The molecule has 1 amide bonds. The number of hydrogen-bond donors (Lipinski definition) is 2. The van der Waals surface area contributed by atoms with Crippen molar-refractivity contribution in [1.29, 1.82) is 0 Å². The van der Waals surface area contributed by atoms with E-state index in [2.05, 4.69) is 20.3 Å². The lowest BCUT2D eigenvalue weighted by Crippen LogP contribution is -2.42. The summed E-state index contributed by atoms with van der Waals surface area (Å²) in [7, 11) is 0. The first kappa shape index (κ1) is 19.0. The summed E-state index contributed by atoms with van der Waals surface area (Å²) >= 11 is 0. The van der Waals surface area contributed by atoms with E-state index in [1.165, 1.54) is 6.07 Å². The largest absolute Gasteiger partial charge is 0.369 e. The lowest BCUT2D eigenvalue weighted by molar-refractivity contribution is -0.117. The molecule has 1 aliphatic rings. The fourth-order valence-electron chi connectivity index (χ4n) is 3.76. The molecule has 148 valence electrons. The number of carbonyl (C=O) groups is 1. The van der Waals surface area contributed by atoms with Gasteiger partial charge in [0.15, 0.2) is 0 Å². The standard InChI is InChI=1S/C22H22FN5O/c23-18-6-2-9-25-20(18)22(7-3-8-22)14-28-21-26-12-17(13-27-21)16-5-1-4-15(10-16)11-19(24)29/h1-2,4-6,9-10,12-13H,3,7-8,11,14H2,(H2,24,29)(H,26,27,28). The first-order valence-corrected chi connectivity index (χ1v) is 9.60. The van der Waals surface area contributed by atoms with Gasteiger partial charge in [0, 0.05) is 36.1 Å². The van der Waals surface area contributed by atoms with Crippen LogP contribution in [0.4, 0.5) is 10.3 Å². The molecular weight excluding hydrogens is 369 g/mol. The minimum atomic E-state index is -0.368. The molecule has 7 heteroatoms. The van der Waals surface area contributed by atoms with Gasteiger partial charge in [-0.25, -0.2) is 14.4 Å². The molecule has 1 aliphatic carbocycles. The molecule has 3 N–H and O–H groups in total. The van der Waals surface area contributed by atoms with Crippen LogP contribution >= 0.6 is 0 Å². The predicted octanol–water partition coefficient (Wildman–Crippen LogP) is 3.24. The second-order valence-corrected chi connectivity index (χ2v) is 7.46. The third-order valence-corrected chi connectivity index (χ3v) is 5.45. The van der Waals surface area contributed by atoms with Gasteiger partial charge >= 0.3 is 0 Å². The molecule has 1 saturated carbocycles. The van der Waals surface area contributed by atoms with Crippen LogP contribution in [0, 0.1) is 5.82 Å². The van der Waals surface area contributed by atoms with Gasteiger partial charge in [-0.2, -0.15) is 0 Å². The van der Waals surface area contributed by atoms with Crippen molar-refractivity contribution >= 4 is 11.9 Å². The number of halogens is 1. The highest BCUT2D eigenvalue weighted by Crippen LogP contribution is 2.43. The first-order chi connectivity index (χ1) is 14.1. The van der Waals surface area contributed by atoms with E-state index in [1.54, 1.807) is 24.7 Å². The van der Waals surface area contributed by atoms with Crippen molar-refractivity contribution in [3.05, 3.63) is 72.1 Å². The summed E-state index contributed by atoms with van der Waals surface area (Å²) in [5.41, 5.74) is 8.09. The molecule has 0 aliphatic heterocycles. The van der Waals surface area contributed by atoms with Crippen LogP contribution in [0.15, 0.2) is 55.0 Å². The molecule has 6 nitrogen and oxygen atoms in total. The molecule has 3 aromatic rings. The Morgan fingerprint density at radius 3 is 2.55 bits per heavy atom. The Balaban J connectivity index is 1.46. The normalized spacial score (nSPS) is 14.8. The van der Waals surface area contributed by atoms with E-state index in [-0.39, 0.29) is 23.6 Å². The van der Waals surface area contributed by atoms with Crippen molar-refractivity contribution in [3.63, 3.8) is 0 Å². The number of hydrogen-bond acceptors (Lipinski definition) is 5. The number of carbonyl (C=O) groups excluding carboxylic acids is 1. The number of aromatic nitrogens is 3. The lowest BCUT2D eigenvalue weighted by atomic mass is 9.66. The maximum absolute atomic E-state index is 14.2. The predicted molar refractivity (Wildman–Crippen MR) is 109 cm³/mol. The summed E-state index contributed by atoms with van der Waals surface area (Å²) in [5, 5.41) is 3.24. The van der Waals surface area contributed by atoms with Gasteiger partial charge < -0.3 is 11.1 Å². The fourth-order valence-corrected chi connectivity index (χ4v) is 3.76. The van der Waals surface area contributed by atoms with Crippen molar-refractivity contribution in [3.8, 4) is 11.1 Å². The Morgan fingerprint density at radius 2 is 1.90 bits per heavy atom. The van der Waals surface area contributed by atoms with Crippen molar-refractivity contribution in [2.24, 2.45) is 5.73 Å². The molecule has 0 atom stereocenters. The van der Waals surface area contributed by atoms with E-state index in [0.29, 0.717) is 18.2 Å². The van der Waals surface area contributed by atoms with Crippen molar-refractivity contribution in [2.45, 2.75) is 31.1 Å². The minimum absolute atomic E-state index is 0.195. The Bertz CT molecular complexity index is 1020. The topological polar surface area (TPSA) is 93.8 Å². The van der Waals surface area contributed by atoms with Gasteiger partial charge in [0.1, 0.15) is 5.82 Å². The van der Waals surface area contributed by atoms with Crippen LogP contribution in [0.2, 0.25) is 0 Å². The van der Waals surface area contributed by atoms with Crippen molar-refractivity contribution < 1.29 is 9.18 Å². The van der Waals surface area contributed by atoms with Gasteiger partial charge in [0.2, 0.25) is 11.9 Å². The van der Waals surface area contributed by atoms with Crippen LogP contribution in [0.25, 0.3) is 11.1 Å². The zero-order valence-corrected chi connectivity index (χ0v) is 15.9. The molecule has 0 unspecified atom stereocenters. The molecule has 4 rings (SSSR count). The quantitative estimate of drug-likeness (QED) is 0.645. The number of primary amides is 1. The molecule has 2 aromatic heterocycles.